The lowest BCUT2D eigenvalue weighted by molar-refractivity contribution is 0.104. The second kappa shape index (κ2) is 9.02. The van der Waals surface area contributed by atoms with Crippen molar-refractivity contribution in [1.82, 2.24) is 0 Å². The maximum atomic E-state index is 13.3. The molecule has 0 fully saturated rings. The number of phenolic OH excluding ortho intramolecular Hbond substituents is 1. The Kier molecular flexibility index (Phi) is 6.48. The molecule has 0 unspecified atom stereocenters. The van der Waals surface area contributed by atoms with Gasteiger partial charge in [-0.25, -0.2) is 0 Å². The van der Waals surface area contributed by atoms with Crippen LogP contribution in [0.2, 0.25) is 0 Å². The minimum Gasteiger partial charge on any atom is -0.508 e. The van der Waals surface area contributed by atoms with Crippen molar-refractivity contribution in [3.63, 3.8) is 0 Å². The van der Waals surface area contributed by atoms with Crippen molar-refractivity contribution in [2.24, 2.45) is 5.73 Å². The molecule has 0 spiro atoms. The quantitative estimate of drug-likeness (QED) is 0.407. The predicted octanol–water partition coefficient (Wildman–Crippen LogP) is 4.91. The van der Waals surface area contributed by atoms with Crippen molar-refractivity contribution in [2.45, 2.75) is 32.6 Å². The molecule has 0 aliphatic carbocycles. The average molecular weight is 384 g/mol. The molecule has 0 radical (unpaired) electrons. The monoisotopic (exact) mass is 383 g/mol. The second-order valence-electron chi connectivity index (χ2n) is 6.53. The summed E-state index contributed by atoms with van der Waals surface area (Å²) >= 11 is 1.61. The lowest BCUT2D eigenvalue weighted by Gasteiger charge is -2.07. The third kappa shape index (κ3) is 4.49. The highest BCUT2D eigenvalue weighted by molar-refractivity contribution is 7.19. The number of carbonyl (C=O) groups excluding carboxylic acids is 1. The molecule has 3 rings (SSSR count). The third-order valence-electron chi connectivity index (χ3n) is 4.48. The molecule has 27 heavy (non-hydrogen) atoms. The van der Waals surface area contributed by atoms with Gasteiger partial charge in [-0.05, 0) is 55.3 Å². The van der Waals surface area contributed by atoms with Crippen LogP contribution in [0.3, 0.4) is 0 Å². The molecule has 3 N–H and O–H groups in total. The highest BCUT2D eigenvalue weighted by atomic mass is 32.1. The molecule has 0 atom stereocenters. The van der Waals surface area contributed by atoms with E-state index in [1.807, 2.05) is 6.07 Å². The summed E-state index contributed by atoms with van der Waals surface area (Å²) in [5.74, 6) is 0.952. The molecule has 2 aromatic carbocycles. The van der Waals surface area contributed by atoms with Gasteiger partial charge in [0.15, 0.2) is 5.78 Å². The summed E-state index contributed by atoms with van der Waals surface area (Å²) in [6.45, 7) is 3.08. The molecule has 0 saturated heterocycles. The maximum Gasteiger partial charge on any atom is 0.194 e. The van der Waals surface area contributed by atoms with E-state index >= 15 is 0 Å². The summed E-state index contributed by atoms with van der Waals surface area (Å²) in [6.07, 6.45) is 4.22. The zero-order valence-electron chi connectivity index (χ0n) is 15.5. The van der Waals surface area contributed by atoms with E-state index in [0.717, 1.165) is 46.2 Å². The lowest BCUT2D eigenvalue weighted by Crippen LogP contribution is -2.10. The Labute approximate surface area is 163 Å². The highest BCUT2D eigenvalue weighted by Gasteiger charge is 2.20. The van der Waals surface area contributed by atoms with Gasteiger partial charge in [0.05, 0.1) is 0 Å². The van der Waals surface area contributed by atoms with Crippen LogP contribution in [-0.4, -0.2) is 24.0 Å². The number of aryl methyl sites for hydroxylation is 1. The van der Waals surface area contributed by atoms with E-state index in [1.165, 1.54) is 0 Å². The van der Waals surface area contributed by atoms with Crippen LogP contribution in [0.5, 0.6) is 11.5 Å². The number of nitrogens with two attached hydrogens (primary N) is 1. The van der Waals surface area contributed by atoms with Gasteiger partial charge in [-0.15, -0.1) is 11.3 Å². The standard InChI is InChI=1S/C22H25NO3S/c1-2-3-4-5-19-21(18-11-8-16(24)14-20(18)27-19)22(25)15-6-9-17(10-7-15)26-13-12-23/h6-11,14,24H,2-5,12-13,23H2,1H3. The Morgan fingerprint density at radius 3 is 2.63 bits per heavy atom. The van der Waals surface area contributed by atoms with Gasteiger partial charge in [0.2, 0.25) is 0 Å². The summed E-state index contributed by atoms with van der Waals surface area (Å²) in [7, 11) is 0. The smallest absolute Gasteiger partial charge is 0.194 e. The van der Waals surface area contributed by atoms with Crippen molar-refractivity contribution in [3.05, 3.63) is 58.5 Å². The minimum atomic E-state index is 0.0174. The summed E-state index contributed by atoms with van der Waals surface area (Å²) in [5, 5.41) is 10.7. The van der Waals surface area contributed by atoms with E-state index in [9.17, 15) is 9.90 Å². The summed E-state index contributed by atoms with van der Waals surface area (Å²) in [5.41, 5.74) is 6.86. The number of carbonyl (C=O) groups is 1. The summed E-state index contributed by atoms with van der Waals surface area (Å²) in [4.78, 5) is 14.4. The third-order valence-corrected chi connectivity index (χ3v) is 5.70. The summed E-state index contributed by atoms with van der Waals surface area (Å²) in [6, 6.07) is 12.4. The first kappa shape index (κ1) is 19.4. The highest BCUT2D eigenvalue weighted by Crippen LogP contribution is 2.36. The van der Waals surface area contributed by atoms with Crippen molar-refractivity contribution in [3.8, 4) is 11.5 Å². The van der Waals surface area contributed by atoms with Crippen LogP contribution >= 0.6 is 11.3 Å². The van der Waals surface area contributed by atoms with Gasteiger partial charge >= 0.3 is 0 Å². The van der Waals surface area contributed by atoms with Gasteiger partial charge in [0, 0.05) is 32.6 Å². The number of ketones is 1. The van der Waals surface area contributed by atoms with Crippen LogP contribution in [0.1, 0.15) is 47.0 Å². The first-order valence-electron chi connectivity index (χ1n) is 9.36. The molecule has 5 heteroatoms. The van der Waals surface area contributed by atoms with E-state index in [4.69, 9.17) is 10.5 Å². The molecule has 0 bridgehead atoms. The number of phenols is 1. The van der Waals surface area contributed by atoms with Gasteiger partial charge in [-0.1, -0.05) is 19.8 Å². The number of ether oxygens (including phenoxy) is 1. The Morgan fingerprint density at radius 2 is 1.93 bits per heavy atom. The minimum absolute atomic E-state index is 0.0174. The van der Waals surface area contributed by atoms with E-state index in [1.54, 1.807) is 47.7 Å². The van der Waals surface area contributed by atoms with Crippen molar-refractivity contribution in [2.75, 3.05) is 13.2 Å². The molecule has 3 aromatic rings. The average Bonchev–Trinajstić information content (AvgIpc) is 3.03. The van der Waals surface area contributed by atoms with Crippen LogP contribution < -0.4 is 10.5 Å². The molecule has 142 valence electrons. The molecule has 0 aliphatic heterocycles. The Morgan fingerprint density at radius 1 is 1.15 bits per heavy atom. The van der Waals surface area contributed by atoms with Crippen molar-refractivity contribution >= 4 is 27.2 Å². The van der Waals surface area contributed by atoms with Gasteiger partial charge in [-0.3, -0.25) is 4.79 Å². The van der Waals surface area contributed by atoms with E-state index in [2.05, 4.69) is 6.92 Å². The number of thiophene rings is 1. The molecule has 4 nitrogen and oxygen atoms in total. The zero-order chi connectivity index (χ0) is 19.2. The molecule has 0 amide bonds. The van der Waals surface area contributed by atoms with Crippen LogP contribution in [0.15, 0.2) is 42.5 Å². The fourth-order valence-electron chi connectivity index (χ4n) is 3.12. The topological polar surface area (TPSA) is 72.5 Å². The Bertz CT molecular complexity index is 915. The number of unbranched alkanes of at least 4 members (excludes halogenated alkanes) is 2. The number of hydrogen-bond acceptors (Lipinski definition) is 5. The number of benzene rings is 2. The van der Waals surface area contributed by atoms with Gasteiger partial charge in [-0.2, -0.15) is 0 Å². The lowest BCUT2D eigenvalue weighted by atomic mass is 9.98. The van der Waals surface area contributed by atoms with Gasteiger partial charge < -0.3 is 15.6 Å². The predicted molar refractivity (Wildman–Crippen MR) is 111 cm³/mol. The first-order chi connectivity index (χ1) is 13.1. The number of aromatic hydroxyl groups is 1. The van der Waals surface area contributed by atoms with Crippen molar-refractivity contribution < 1.29 is 14.6 Å². The normalized spacial score (nSPS) is 11.0. The van der Waals surface area contributed by atoms with E-state index in [-0.39, 0.29) is 11.5 Å². The number of fused-ring (bicyclic) bond motifs is 1. The SMILES string of the molecule is CCCCCc1sc2cc(O)ccc2c1C(=O)c1ccc(OCCN)cc1. The van der Waals surface area contributed by atoms with Gasteiger partial charge in [0.1, 0.15) is 18.1 Å². The van der Waals surface area contributed by atoms with Crippen molar-refractivity contribution in [1.29, 1.82) is 0 Å². The molecule has 1 aromatic heterocycles. The number of hydrogen-bond donors (Lipinski definition) is 2. The first-order valence-corrected chi connectivity index (χ1v) is 10.2. The fourth-order valence-corrected chi connectivity index (χ4v) is 4.40. The maximum absolute atomic E-state index is 13.3. The second-order valence-corrected chi connectivity index (χ2v) is 7.67. The van der Waals surface area contributed by atoms with Crippen LogP contribution in [0, 0.1) is 0 Å². The molecular formula is C22H25NO3S. The largest absolute Gasteiger partial charge is 0.508 e. The molecule has 0 saturated carbocycles. The van der Waals surface area contributed by atoms with Crippen LogP contribution in [0.25, 0.3) is 10.1 Å². The molecule has 1 heterocycles. The molecular weight excluding hydrogens is 358 g/mol. The zero-order valence-corrected chi connectivity index (χ0v) is 16.3. The van der Waals surface area contributed by atoms with Crippen LogP contribution in [-0.2, 0) is 6.42 Å². The number of rotatable bonds is 9. The Hall–Kier alpha value is -2.37. The molecule has 0 aliphatic rings. The van der Waals surface area contributed by atoms with Gasteiger partial charge in [0.25, 0.3) is 0 Å². The fraction of sp³-hybridized carbons (Fsp3) is 0.318. The summed E-state index contributed by atoms with van der Waals surface area (Å²) < 4.78 is 6.44. The van der Waals surface area contributed by atoms with Crippen LogP contribution in [0.4, 0.5) is 0 Å². The van der Waals surface area contributed by atoms with E-state index < -0.39 is 0 Å². The van der Waals surface area contributed by atoms with E-state index in [0.29, 0.717) is 24.5 Å². The Balaban J connectivity index is 1.95.